The summed E-state index contributed by atoms with van der Waals surface area (Å²) in [4.78, 5) is 12.1. The maximum atomic E-state index is 12.1. The average Bonchev–Trinajstić information content (AvgIpc) is 2.76. The Bertz CT molecular complexity index is 575. The number of ether oxygens (including phenoxy) is 1. The Morgan fingerprint density at radius 2 is 2.17 bits per heavy atom. The number of aryl methyl sites for hydroxylation is 1. The molecule has 4 heteroatoms. The molecule has 0 radical (unpaired) electrons. The van der Waals surface area contributed by atoms with Crippen molar-refractivity contribution in [2.45, 2.75) is 13.3 Å². The van der Waals surface area contributed by atoms with Gasteiger partial charge in [-0.1, -0.05) is 6.07 Å². The van der Waals surface area contributed by atoms with E-state index in [9.17, 15) is 4.79 Å². The summed E-state index contributed by atoms with van der Waals surface area (Å²) in [5, 5.41) is 3.91. The van der Waals surface area contributed by atoms with Gasteiger partial charge in [-0.15, -0.1) is 0 Å². The molecule has 2 nitrogen and oxygen atoms in total. The summed E-state index contributed by atoms with van der Waals surface area (Å²) in [6.07, 6.45) is 0.417. The Kier molecular flexibility index (Phi) is 4.19. The molecule has 0 saturated carbocycles. The van der Waals surface area contributed by atoms with E-state index in [0.29, 0.717) is 6.42 Å². The minimum atomic E-state index is 0.158. The molecule has 2 aromatic rings. The third kappa shape index (κ3) is 2.82. The molecule has 0 N–H and O–H groups in total. The van der Waals surface area contributed by atoms with E-state index in [4.69, 9.17) is 4.74 Å². The molecule has 2 rings (SSSR count). The van der Waals surface area contributed by atoms with Crippen molar-refractivity contribution in [2.75, 3.05) is 7.11 Å². The second-order valence-corrected chi connectivity index (χ2v) is 5.64. The molecule has 0 spiro atoms. The Morgan fingerprint density at radius 1 is 1.39 bits per heavy atom. The van der Waals surface area contributed by atoms with Crippen molar-refractivity contribution in [3.05, 3.63) is 50.1 Å². The maximum absolute atomic E-state index is 12.1. The van der Waals surface area contributed by atoms with E-state index < -0.39 is 0 Å². The SMILES string of the molecule is COc1ccc(CC(=O)c2cscc2C)cc1Br. The van der Waals surface area contributed by atoms with Gasteiger partial charge < -0.3 is 4.74 Å². The number of hydrogen-bond donors (Lipinski definition) is 0. The number of hydrogen-bond acceptors (Lipinski definition) is 3. The lowest BCUT2D eigenvalue weighted by atomic mass is 10.0. The highest BCUT2D eigenvalue weighted by Gasteiger charge is 2.11. The molecule has 0 fully saturated rings. The van der Waals surface area contributed by atoms with Gasteiger partial charge in [-0.2, -0.15) is 11.3 Å². The van der Waals surface area contributed by atoms with Crippen LogP contribution >= 0.6 is 27.3 Å². The summed E-state index contributed by atoms with van der Waals surface area (Å²) in [5.74, 6) is 0.934. The standard InChI is InChI=1S/C14H13BrO2S/c1-9-7-18-8-11(9)13(16)6-10-3-4-14(17-2)12(15)5-10/h3-5,7-8H,6H2,1-2H3. The monoisotopic (exact) mass is 324 g/mol. The van der Waals surface area contributed by atoms with Crippen molar-refractivity contribution in [3.8, 4) is 5.75 Å². The van der Waals surface area contributed by atoms with Gasteiger partial charge in [0.25, 0.3) is 0 Å². The van der Waals surface area contributed by atoms with Gasteiger partial charge in [0.1, 0.15) is 5.75 Å². The number of thiophene rings is 1. The number of rotatable bonds is 4. The molecule has 1 heterocycles. The van der Waals surface area contributed by atoms with Gasteiger partial charge in [0.2, 0.25) is 0 Å². The molecule has 0 aliphatic rings. The van der Waals surface area contributed by atoms with Gasteiger partial charge in [-0.3, -0.25) is 4.79 Å². The Morgan fingerprint density at radius 3 is 2.72 bits per heavy atom. The number of benzene rings is 1. The number of halogens is 1. The van der Waals surface area contributed by atoms with Gasteiger partial charge in [0.15, 0.2) is 5.78 Å². The summed E-state index contributed by atoms with van der Waals surface area (Å²) in [5.41, 5.74) is 2.86. The first-order valence-corrected chi connectivity index (χ1v) is 7.24. The second kappa shape index (κ2) is 5.67. The zero-order chi connectivity index (χ0) is 13.1. The molecule has 0 atom stereocenters. The largest absolute Gasteiger partial charge is 0.496 e. The first-order valence-electron chi connectivity index (χ1n) is 5.50. The highest BCUT2D eigenvalue weighted by atomic mass is 79.9. The van der Waals surface area contributed by atoms with E-state index in [-0.39, 0.29) is 5.78 Å². The number of methoxy groups -OCH3 is 1. The van der Waals surface area contributed by atoms with Gasteiger partial charge in [-0.05, 0) is 51.5 Å². The average molecular weight is 325 g/mol. The molecule has 0 saturated heterocycles. The molecule has 94 valence electrons. The van der Waals surface area contributed by atoms with Crippen LogP contribution in [0.2, 0.25) is 0 Å². The normalized spacial score (nSPS) is 10.4. The number of carbonyl (C=O) groups excluding carboxylic acids is 1. The van der Waals surface area contributed by atoms with E-state index in [1.165, 1.54) is 0 Å². The van der Waals surface area contributed by atoms with Crippen LogP contribution in [-0.2, 0) is 6.42 Å². The van der Waals surface area contributed by atoms with Crippen molar-refractivity contribution in [1.29, 1.82) is 0 Å². The van der Waals surface area contributed by atoms with Crippen molar-refractivity contribution in [3.63, 3.8) is 0 Å². The van der Waals surface area contributed by atoms with E-state index in [0.717, 1.165) is 26.9 Å². The highest BCUT2D eigenvalue weighted by molar-refractivity contribution is 9.10. The van der Waals surface area contributed by atoms with E-state index >= 15 is 0 Å². The van der Waals surface area contributed by atoms with Crippen molar-refractivity contribution in [1.82, 2.24) is 0 Å². The minimum absolute atomic E-state index is 0.158. The Balaban J connectivity index is 2.17. The number of carbonyl (C=O) groups is 1. The van der Waals surface area contributed by atoms with Crippen LogP contribution < -0.4 is 4.74 Å². The molecular weight excluding hydrogens is 312 g/mol. The van der Waals surface area contributed by atoms with Crippen LogP contribution in [0.4, 0.5) is 0 Å². The second-order valence-electron chi connectivity index (χ2n) is 4.04. The summed E-state index contributed by atoms with van der Waals surface area (Å²) in [7, 11) is 1.62. The predicted octanol–water partition coefficient (Wildman–Crippen LogP) is 4.25. The van der Waals surface area contributed by atoms with Gasteiger partial charge in [-0.25, -0.2) is 0 Å². The molecule has 1 aromatic carbocycles. The lowest BCUT2D eigenvalue weighted by Crippen LogP contribution is -2.03. The summed E-state index contributed by atoms with van der Waals surface area (Å²) in [6.45, 7) is 1.97. The molecule has 0 amide bonds. The molecule has 0 aliphatic carbocycles. The van der Waals surface area contributed by atoms with Crippen LogP contribution in [0.5, 0.6) is 5.75 Å². The van der Waals surface area contributed by atoms with Crippen LogP contribution in [0.1, 0.15) is 21.5 Å². The smallest absolute Gasteiger partial charge is 0.168 e. The quantitative estimate of drug-likeness (QED) is 0.786. The summed E-state index contributed by atoms with van der Waals surface area (Å²) in [6, 6.07) is 5.72. The summed E-state index contributed by atoms with van der Waals surface area (Å²) >= 11 is 4.99. The van der Waals surface area contributed by atoms with Crippen LogP contribution in [0.25, 0.3) is 0 Å². The fourth-order valence-corrected chi connectivity index (χ4v) is 3.19. The molecule has 0 unspecified atom stereocenters. The fourth-order valence-electron chi connectivity index (χ4n) is 1.75. The number of ketones is 1. The van der Waals surface area contributed by atoms with E-state index in [1.807, 2.05) is 35.9 Å². The van der Waals surface area contributed by atoms with Gasteiger partial charge in [0, 0.05) is 17.4 Å². The molecular formula is C14H13BrO2S. The van der Waals surface area contributed by atoms with Crippen LogP contribution in [0.15, 0.2) is 33.4 Å². The number of Topliss-reactive ketones (excluding diaryl/α,β-unsaturated/α-hetero) is 1. The highest BCUT2D eigenvalue weighted by Crippen LogP contribution is 2.26. The molecule has 0 bridgehead atoms. The van der Waals surface area contributed by atoms with Crippen molar-refractivity contribution in [2.24, 2.45) is 0 Å². The van der Waals surface area contributed by atoms with Gasteiger partial charge >= 0.3 is 0 Å². The molecule has 1 aromatic heterocycles. The Labute approximate surface area is 119 Å². The Hall–Kier alpha value is -1.13. The maximum Gasteiger partial charge on any atom is 0.168 e. The first-order chi connectivity index (χ1) is 8.61. The lowest BCUT2D eigenvalue weighted by molar-refractivity contribution is 0.0993. The van der Waals surface area contributed by atoms with Gasteiger partial charge in [0.05, 0.1) is 11.6 Å². The third-order valence-corrected chi connectivity index (χ3v) is 4.22. The topological polar surface area (TPSA) is 26.3 Å². The zero-order valence-corrected chi connectivity index (χ0v) is 12.6. The lowest BCUT2D eigenvalue weighted by Gasteiger charge is -2.06. The molecule has 18 heavy (non-hydrogen) atoms. The van der Waals surface area contributed by atoms with Crippen LogP contribution in [0.3, 0.4) is 0 Å². The minimum Gasteiger partial charge on any atom is -0.496 e. The zero-order valence-electron chi connectivity index (χ0n) is 10.2. The predicted molar refractivity (Wildman–Crippen MR) is 77.8 cm³/mol. The van der Waals surface area contributed by atoms with E-state index in [2.05, 4.69) is 15.9 Å². The van der Waals surface area contributed by atoms with Crippen LogP contribution in [-0.4, -0.2) is 12.9 Å². The third-order valence-electron chi connectivity index (χ3n) is 2.74. The summed E-state index contributed by atoms with van der Waals surface area (Å²) < 4.78 is 6.04. The van der Waals surface area contributed by atoms with Crippen molar-refractivity contribution < 1.29 is 9.53 Å². The fraction of sp³-hybridized carbons (Fsp3) is 0.214. The van der Waals surface area contributed by atoms with E-state index in [1.54, 1.807) is 18.4 Å². The first kappa shape index (κ1) is 13.3. The molecule has 0 aliphatic heterocycles. The van der Waals surface area contributed by atoms with Crippen molar-refractivity contribution >= 4 is 33.0 Å². The van der Waals surface area contributed by atoms with Crippen LogP contribution in [0, 0.1) is 6.92 Å².